The minimum absolute atomic E-state index is 0.0277. The number of halogens is 3. The van der Waals surface area contributed by atoms with Crippen LogP contribution in [-0.2, 0) is 16.1 Å². The van der Waals surface area contributed by atoms with Crippen LogP contribution >= 0.6 is 0 Å². The van der Waals surface area contributed by atoms with Gasteiger partial charge in [-0.25, -0.2) is 9.78 Å². The summed E-state index contributed by atoms with van der Waals surface area (Å²) in [6.07, 6.45) is 4.46. The van der Waals surface area contributed by atoms with E-state index in [1.54, 1.807) is 24.5 Å². The number of pyridine rings is 1. The van der Waals surface area contributed by atoms with Crippen LogP contribution in [0.25, 0.3) is 11.1 Å². The number of anilines is 1. The summed E-state index contributed by atoms with van der Waals surface area (Å²) < 4.78 is 55.1. The normalized spacial score (nSPS) is 22.4. The van der Waals surface area contributed by atoms with Crippen molar-refractivity contribution < 1.29 is 32.2 Å². The van der Waals surface area contributed by atoms with E-state index >= 15 is 0 Å². The molecule has 3 aliphatic rings. The van der Waals surface area contributed by atoms with Gasteiger partial charge in [-0.1, -0.05) is 18.2 Å². The second kappa shape index (κ2) is 10.5. The molecular weight excluding hydrogens is 523 g/mol. The van der Waals surface area contributed by atoms with Gasteiger partial charge in [0.25, 0.3) is 0 Å². The van der Waals surface area contributed by atoms with E-state index in [2.05, 4.69) is 19.6 Å². The zero-order valence-electron chi connectivity index (χ0n) is 22.5. The van der Waals surface area contributed by atoms with Crippen molar-refractivity contribution in [1.29, 1.82) is 0 Å². The first-order valence-corrected chi connectivity index (χ1v) is 13.7. The fourth-order valence-electron chi connectivity index (χ4n) is 6.38. The Morgan fingerprint density at radius 2 is 1.82 bits per heavy atom. The first-order chi connectivity index (χ1) is 19.2. The van der Waals surface area contributed by atoms with Gasteiger partial charge in [0.05, 0.1) is 25.4 Å². The van der Waals surface area contributed by atoms with Gasteiger partial charge in [0.1, 0.15) is 11.6 Å². The van der Waals surface area contributed by atoms with Crippen molar-refractivity contribution in [3.8, 4) is 16.9 Å². The molecular formula is C30H32F3N3O4. The van der Waals surface area contributed by atoms with Gasteiger partial charge >= 0.3 is 12.3 Å². The Morgan fingerprint density at radius 3 is 2.48 bits per heavy atom. The number of benzene rings is 1. The molecule has 212 valence electrons. The van der Waals surface area contributed by atoms with Gasteiger partial charge in [0.15, 0.2) is 0 Å². The number of carbonyl (C=O) groups excluding carboxylic acids is 1. The van der Waals surface area contributed by atoms with Crippen molar-refractivity contribution in [2.45, 2.75) is 82.5 Å². The number of methoxy groups -OCH3 is 1. The second-order valence-corrected chi connectivity index (χ2v) is 11.0. The maximum atomic E-state index is 13.1. The fraction of sp³-hybridized carbons (Fsp3) is 0.467. The van der Waals surface area contributed by atoms with Crippen LogP contribution in [0.1, 0.15) is 71.6 Å². The molecule has 6 rings (SSSR count). The Kier molecular flexibility index (Phi) is 6.98. The Morgan fingerprint density at radius 1 is 1.10 bits per heavy atom. The summed E-state index contributed by atoms with van der Waals surface area (Å²) >= 11 is 0. The molecule has 10 heteroatoms. The molecule has 4 heterocycles. The van der Waals surface area contributed by atoms with Gasteiger partial charge in [0.2, 0.25) is 0 Å². The van der Waals surface area contributed by atoms with Crippen LogP contribution in [0.3, 0.4) is 0 Å². The van der Waals surface area contributed by atoms with Gasteiger partial charge in [-0.05, 0) is 69.1 Å². The summed E-state index contributed by atoms with van der Waals surface area (Å²) in [7, 11) is 1.36. The number of aryl methyl sites for hydroxylation is 1. The molecule has 1 saturated carbocycles. The summed E-state index contributed by atoms with van der Waals surface area (Å²) in [5.41, 5.74) is 4.41. The molecule has 2 bridgehead atoms. The van der Waals surface area contributed by atoms with E-state index in [0.717, 1.165) is 61.2 Å². The molecule has 2 atom stereocenters. The summed E-state index contributed by atoms with van der Waals surface area (Å²) in [6.45, 7) is 2.28. The van der Waals surface area contributed by atoms with Crippen molar-refractivity contribution in [3.05, 3.63) is 65.1 Å². The van der Waals surface area contributed by atoms with Gasteiger partial charge < -0.3 is 24.1 Å². The third-order valence-corrected chi connectivity index (χ3v) is 8.28. The van der Waals surface area contributed by atoms with Crippen LogP contribution in [0.15, 0.2) is 42.7 Å². The molecule has 2 saturated heterocycles. The van der Waals surface area contributed by atoms with E-state index in [1.807, 2.05) is 13.0 Å². The lowest BCUT2D eigenvalue weighted by molar-refractivity contribution is -0.274. The highest BCUT2D eigenvalue weighted by Crippen LogP contribution is 2.46. The maximum absolute atomic E-state index is 13.1. The number of piperidine rings is 1. The van der Waals surface area contributed by atoms with Crippen LogP contribution in [-0.4, -0.2) is 47.6 Å². The summed E-state index contributed by atoms with van der Waals surface area (Å²) in [5, 5.41) is 0. The lowest BCUT2D eigenvalue weighted by atomic mass is 9.98. The molecule has 2 aromatic heterocycles. The van der Waals surface area contributed by atoms with Gasteiger partial charge in [-0.3, -0.25) is 0 Å². The van der Waals surface area contributed by atoms with Crippen molar-refractivity contribution >= 4 is 11.8 Å². The number of nitrogens with zero attached hydrogens (tertiary/aromatic N) is 2. The Hall–Kier alpha value is -3.53. The van der Waals surface area contributed by atoms with E-state index in [4.69, 9.17) is 9.47 Å². The number of fused-ring (bicyclic) bond motifs is 2. The quantitative estimate of drug-likeness (QED) is 0.313. The smallest absolute Gasteiger partial charge is 0.465 e. The average Bonchev–Trinajstić information content (AvgIpc) is 3.63. The molecule has 0 radical (unpaired) electrons. The molecule has 1 aliphatic carbocycles. The molecule has 2 aliphatic heterocycles. The lowest BCUT2D eigenvalue weighted by Gasteiger charge is -2.40. The van der Waals surface area contributed by atoms with Crippen LogP contribution in [0.2, 0.25) is 0 Å². The first-order valence-electron chi connectivity index (χ1n) is 13.7. The number of aromatic amines is 1. The third kappa shape index (κ3) is 5.29. The molecule has 3 fully saturated rings. The molecule has 0 amide bonds. The number of hydrogen-bond donors (Lipinski definition) is 1. The Bertz CT molecular complexity index is 1390. The average molecular weight is 556 g/mol. The van der Waals surface area contributed by atoms with E-state index in [-0.39, 0.29) is 23.9 Å². The molecule has 1 aromatic carbocycles. The highest BCUT2D eigenvalue weighted by atomic mass is 19.4. The minimum atomic E-state index is -4.78. The van der Waals surface area contributed by atoms with Gasteiger partial charge in [-0.15, -0.1) is 13.2 Å². The summed E-state index contributed by atoms with van der Waals surface area (Å²) in [5.74, 6) is 0.649. The van der Waals surface area contributed by atoms with Crippen molar-refractivity contribution in [1.82, 2.24) is 9.97 Å². The van der Waals surface area contributed by atoms with Crippen LogP contribution in [0, 0.1) is 6.92 Å². The zero-order chi connectivity index (χ0) is 28.0. The third-order valence-electron chi connectivity index (χ3n) is 8.28. The zero-order valence-corrected chi connectivity index (χ0v) is 22.5. The van der Waals surface area contributed by atoms with Crippen LogP contribution < -0.4 is 9.64 Å². The van der Waals surface area contributed by atoms with E-state index in [9.17, 15) is 18.0 Å². The first kappa shape index (κ1) is 26.7. The van der Waals surface area contributed by atoms with Crippen molar-refractivity contribution in [2.75, 3.05) is 12.0 Å². The predicted molar refractivity (Wildman–Crippen MR) is 142 cm³/mol. The van der Waals surface area contributed by atoms with Crippen molar-refractivity contribution in [2.24, 2.45) is 0 Å². The largest absolute Gasteiger partial charge is 0.573 e. The molecule has 2 unspecified atom stereocenters. The second-order valence-electron chi connectivity index (χ2n) is 11.0. The standard InChI is InChI=1S/C30H32F3N3O4/c1-17-11-19(29(37)38-2)14-35-28(17)36-20-9-10-21(36)13-22(12-20)39-16-25-24(15-34-27(25)18-7-8-18)23-5-3-4-6-26(23)40-30(31,32)33/h3-6,11,14-15,18,20-22,34H,7-10,12-13,16H2,1-2H3. The predicted octanol–water partition coefficient (Wildman–Crippen LogP) is 6.66. The number of aromatic nitrogens is 2. The molecule has 3 aromatic rings. The number of alkyl halides is 3. The lowest BCUT2D eigenvalue weighted by Crippen LogP contribution is -2.46. The summed E-state index contributed by atoms with van der Waals surface area (Å²) in [6, 6.07) is 8.62. The van der Waals surface area contributed by atoms with E-state index < -0.39 is 12.3 Å². The number of ether oxygens (including phenoxy) is 3. The Labute approximate surface area is 230 Å². The number of hydrogen-bond acceptors (Lipinski definition) is 6. The topological polar surface area (TPSA) is 76.7 Å². The highest BCUT2D eigenvalue weighted by molar-refractivity contribution is 5.89. The molecule has 7 nitrogen and oxygen atoms in total. The number of rotatable bonds is 8. The number of esters is 1. The molecule has 1 N–H and O–H groups in total. The van der Waals surface area contributed by atoms with Crippen LogP contribution in [0.5, 0.6) is 5.75 Å². The Balaban J connectivity index is 1.19. The fourth-order valence-corrected chi connectivity index (χ4v) is 6.38. The maximum Gasteiger partial charge on any atom is 0.573 e. The number of H-pyrrole nitrogens is 1. The van der Waals surface area contributed by atoms with Crippen LogP contribution in [0.4, 0.5) is 19.0 Å². The molecule has 40 heavy (non-hydrogen) atoms. The number of para-hydroxylation sites is 1. The van der Waals surface area contributed by atoms with Gasteiger partial charge in [-0.2, -0.15) is 0 Å². The highest BCUT2D eigenvalue weighted by Gasteiger charge is 2.43. The number of nitrogens with one attached hydrogen (secondary N) is 1. The minimum Gasteiger partial charge on any atom is -0.465 e. The summed E-state index contributed by atoms with van der Waals surface area (Å²) in [4.78, 5) is 22.2. The monoisotopic (exact) mass is 555 g/mol. The van der Waals surface area contributed by atoms with E-state index in [0.29, 0.717) is 29.2 Å². The SMILES string of the molecule is COC(=O)c1cnc(N2C3CCC2CC(OCc2c(-c4ccccc4OC(F)(F)F)c[nH]c2C2CC2)C3)c(C)c1. The van der Waals surface area contributed by atoms with Crippen molar-refractivity contribution in [3.63, 3.8) is 0 Å². The molecule has 0 spiro atoms. The number of carbonyl (C=O) groups is 1. The van der Waals surface area contributed by atoms with Gasteiger partial charge in [0, 0.05) is 46.9 Å². The van der Waals surface area contributed by atoms with E-state index in [1.165, 1.54) is 19.2 Å².